The number of anilines is 1. The summed E-state index contributed by atoms with van der Waals surface area (Å²) in [6.45, 7) is 6.43. The SMILES string of the molecule is CC(C)CC[C@H](C)NC(=O)CSC1=NCC(=O)N1c1ccccc1Cl. The van der Waals surface area contributed by atoms with E-state index in [0.29, 0.717) is 21.8 Å². The Labute approximate surface area is 158 Å². The Balaban J connectivity index is 1.90. The second kappa shape index (κ2) is 9.25. The molecule has 1 atom stereocenters. The van der Waals surface area contributed by atoms with Crippen LogP contribution in [0.25, 0.3) is 0 Å². The summed E-state index contributed by atoms with van der Waals surface area (Å²) in [5, 5.41) is 3.99. The third kappa shape index (κ3) is 5.75. The smallest absolute Gasteiger partial charge is 0.254 e. The number of halogens is 1. The van der Waals surface area contributed by atoms with Gasteiger partial charge >= 0.3 is 0 Å². The molecule has 0 saturated carbocycles. The average Bonchev–Trinajstić information content (AvgIpc) is 2.92. The molecule has 0 saturated heterocycles. The van der Waals surface area contributed by atoms with Gasteiger partial charge in [0.2, 0.25) is 5.91 Å². The van der Waals surface area contributed by atoms with Gasteiger partial charge in [0.25, 0.3) is 5.91 Å². The molecule has 1 aromatic carbocycles. The molecule has 25 heavy (non-hydrogen) atoms. The van der Waals surface area contributed by atoms with Crippen LogP contribution in [-0.4, -0.2) is 35.3 Å². The largest absolute Gasteiger partial charge is 0.353 e. The molecule has 0 radical (unpaired) electrons. The van der Waals surface area contributed by atoms with Crippen LogP contribution in [0.4, 0.5) is 5.69 Å². The molecular formula is C18H24ClN3O2S. The van der Waals surface area contributed by atoms with E-state index in [1.165, 1.54) is 16.7 Å². The Kier molecular flexibility index (Phi) is 7.32. The molecule has 0 fully saturated rings. The number of thioether (sulfide) groups is 1. The number of carbonyl (C=O) groups excluding carboxylic acids is 2. The van der Waals surface area contributed by atoms with Crippen LogP contribution in [0.1, 0.15) is 33.6 Å². The molecule has 136 valence electrons. The summed E-state index contributed by atoms with van der Waals surface area (Å²) in [5.74, 6) is 0.652. The number of benzene rings is 1. The lowest BCUT2D eigenvalue weighted by molar-refractivity contribution is -0.119. The summed E-state index contributed by atoms with van der Waals surface area (Å²) in [6, 6.07) is 7.27. The van der Waals surface area contributed by atoms with Gasteiger partial charge in [-0.05, 0) is 37.8 Å². The van der Waals surface area contributed by atoms with Gasteiger partial charge in [0.15, 0.2) is 5.17 Å². The van der Waals surface area contributed by atoms with Crippen LogP contribution in [-0.2, 0) is 9.59 Å². The zero-order valence-corrected chi connectivity index (χ0v) is 16.4. The molecule has 0 bridgehead atoms. The number of rotatable bonds is 7. The van der Waals surface area contributed by atoms with Gasteiger partial charge in [-0.25, -0.2) is 0 Å². The van der Waals surface area contributed by atoms with E-state index in [2.05, 4.69) is 24.2 Å². The van der Waals surface area contributed by atoms with Crippen molar-refractivity contribution >= 4 is 46.0 Å². The van der Waals surface area contributed by atoms with Crippen molar-refractivity contribution in [2.24, 2.45) is 10.9 Å². The minimum atomic E-state index is -0.138. The first-order valence-corrected chi connectivity index (χ1v) is 9.79. The van der Waals surface area contributed by atoms with E-state index in [0.717, 1.165) is 12.8 Å². The number of nitrogens with one attached hydrogen (secondary N) is 1. The summed E-state index contributed by atoms with van der Waals surface area (Å²) in [5.41, 5.74) is 0.601. The highest BCUT2D eigenvalue weighted by molar-refractivity contribution is 8.14. The second-order valence-electron chi connectivity index (χ2n) is 6.51. The molecule has 1 aliphatic heterocycles. The summed E-state index contributed by atoms with van der Waals surface area (Å²) in [6.07, 6.45) is 2.04. The van der Waals surface area contributed by atoms with Gasteiger partial charge in [0.1, 0.15) is 6.54 Å². The van der Waals surface area contributed by atoms with Crippen LogP contribution in [0.3, 0.4) is 0 Å². The van der Waals surface area contributed by atoms with Gasteiger partial charge in [0.05, 0.1) is 16.5 Å². The lowest BCUT2D eigenvalue weighted by Crippen LogP contribution is -2.36. The Morgan fingerprint density at radius 1 is 1.32 bits per heavy atom. The van der Waals surface area contributed by atoms with E-state index in [1.807, 2.05) is 19.1 Å². The van der Waals surface area contributed by atoms with E-state index in [-0.39, 0.29) is 30.2 Å². The van der Waals surface area contributed by atoms with E-state index in [4.69, 9.17) is 11.6 Å². The van der Waals surface area contributed by atoms with Gasteiger partial charge in [-0.2, -0.15) is 0 Å². The Morgan fingerprint density at radius 2 is 2.04 bits per heavy atom. The van der Waals surface area contributed by atoms with E-state index in [1.54, 1.807) is 12.1 Å². The number of amidine groups is 1. The molecule has 2 rings (SSSR count). The lowest BCUT2D eigenvalue weighted by atomic mass is 10.0. The van der Waals surface area contributed by atoms with Gasteiger partial charge in [-0.1, -0.05) is 49.3 Å². The van der Waals surface area contributed by atoms with Gasteiger partial charge in [0, 0.05) is 6.04 Å². The number of nitrogens with zero attached hydrogens (tertiary/aromatic N) is 2. The van der Waals surface area contributed by atoms with Gasteiger partial charge < -0.3 is 5.32 Å². The van der Waals surface area contributed by atoms with Crippen molar-refractivity contribution < 1.29 is 9.59 Å². The maximum absolute atomic E-state index is 12.1. The quantitative estimate of drug-likeness (QED) is 0.783. The Morgan fingerprint density at radius 3 is 2.72 bits per heavy atom. The number of aliphatic imine (C=N–C) groups is 1. The standard InChI is InChI=1S/C18H24ClN3O2S/c1-12(2)8-9-13(3)21-16(23)11-25-18-20-10-17(24)22(18)15-7-5-4-6-14(15)19/h4-7,12-13H,8-11H2,1-3H3,(H,21,23)/t13-/m0/s1. The van der Waals surface area contributed by atoms with Crippen molar-refractivity contribution in [2.75, 3.05) is 17.2 Å². The highest BCUT2D eigenvalue weighted by atomic mass is 35.5. The molecule has 5 nitrogen and oxygen atoms in total. The van der Waals surface area contributed by atoms with Crippen LogP contribution in [0.15, 0.2) is 29.3 Å². The first kappa shape index (κ1) is 19.8. The van der Waals surface area contributed by atoms with Crippen LogP contribution in [0.2, 0.25) is 5.02 Å². The number of para-hydroxylation sites is 1. The zero-order chi connectivity index (χ0) is 18.4. The first-order chi connectivity index (χ1) is 11.9. The molecule has 0 aliphatic carbocycles. The summed E-state index contributed by atoms with van der Waals surface area (Å²) < 4.78 is 0. The molecule has 7 heteroatoms. The maximum atomic E-state index is 12.1. The van der Waals surface area contributed by atoms with Crippen molar-refractivity contribution in [1.29, 1.82) is 0 Å². The minimum absolute atomic E-state index is 0.0533. The summed E-state index contributed by atoms with van der Waals surface area (Å²) >= 11 is 7.45. The van der Waals surface area contributed by atoms with Crippen molar-refractivity contribution in [3.05, 3.63) is 29.3 Å². The fourth-order valence-corrected chi connectivity index (χ4v) is 3.51. The number of hydrogen-bond donors (Lipinski definition) is 1. The predicted octanol–water partition coefficient (Wildman–Crippen LogP) is 3.72. The van der Waals surface area contributed by atoms with E-state index >= 15 is 0 Å². The third-order valence-corrected chi connectivity index (χ3v) is 5.10. The van der Waals surface area contributed by atoms with Crippen LogP contribution in [0, 0.1) is 5.92 Å². The summed E-state index contributed by atoms with van der Waals surface area (Å²) in [7, 11) is 0. The lowest BCUT2D eigenvalue weighted by Gasteiger charge is -2.19. The van der Waals surface area contributed by atoms with E-state index in [9.17, 15) is 9.59 Å². The van der Waals surface area contributed by atoms with Crippen molar-refractivity contribution in [2.45, 2.75) is 39.7 Å². The van der Waals surface area contributed by atoms with Crippen LogP contribution in [0.5, 0.6) is 0 Å². The fourth-order valence-electron chi connectivity index (χ4n) is 2.47. The van der Waals surface area contributed by atoms with Crippen molar-refractivity contribution in [3.63, 3.8) is 0 Å². The normalized spacial score (nSPS) is 15.5. The molecule has 1 aromatic rings. The summed E-state index contributed by atoms with van der Waals surface area (Å²) in [4.78, 5) is 30.0. The molecule has 1 N–H and O–H groups in total. The Hall–Kier alpha value is -1.53. The molecule has 2 amide bonds. The number of hydrogen-bond acceptors (Lipinski definition) is 4. The van der Waals surface area contributed by atoms with Gasteiger partial charge in [-0.15, -0.1) is 0 Å². The molecule has 1 aliphatic rings. The molecule has 1 heterocycles. The molecular weight excluding hydrogens is 358 g/mol. The van der Waals surface area contributed by atoms with Crippen molar-refractivity contribution in [1.82, 2.24) is 5.32 Å². The number of carbonyl (C=O) groups is 2. The third-order valence-electron chi connectivity index (χ3n) is 3.80. The second-order valence-corrected chi connectivity index (χ2v) is 7.86. The maximum Gasteiger partial charge on any atom is 0.254 e. The minimum Gasteiger partial charge on any atom is -0.353 e. The monoisotopic (exact) mass is 381 g/mol. The predicted molar refractivity (Wildman–Crippen MR) is 105 cm³/mol. The van der Waals surface area contributed by atoms with E-state index < -0.39 is 0 Å². The topological polar surface area (TPSA) is 61.8 Å². The average molecular weight is 382 g/mol. The fraction of sp³-hybridized carbons (Fsp3) is 0.500. The number of amides is 2. The first-order valence-electron chi connectivity index (χ1n) is 8.42. The van der Waals surface area contributed by atoms with Crippen molar-refractivity contribution in [3.8, 4) is 0 Å². The van der Waals surface area contributed by atoms with Crippen LogP contribution >= 0.6 is 23.4 Å². The molecule has 0 unspecified atom stereocenters. The Bertz CT molecular complexity index is 663. The highest BCUT2D eigenvalue weighted by Crippen LogP contribution is 2.30. The zero-order valence-electron chi connectivity index (χ0n) is 14.8. The highest BCUT2D eigenvalue weighted by Gasteiger charge is 2.29. The van der Waals surface area contributed by atoms with Crippen LogP contribution < -0.4 is 10.2 Å². The molecule has 0 aromatic heterocycles. The molecule has 0 spiro atoms. The van der Waals surface area contributed by atoms with Gasteiger partial charge in [-0.3, -0.25) is 19.5 Å².